The van der Waals surface area contributed by atoms with Gasteiger partial charge in [0, 0.05) is 28.2 Å². The molecule has 0 bridgehead atoms. The average Bonchev–Trinajstić information content (AvgIpc) is 3.20. The highest BCUT2D eigenvalue weighted by atomic mass is 19.1. The molecule has 1 fully saturated rings. The van der Waals surface area contributed by atoms with Gasteiger partial charge in [0.2, 0.25) is 0 Å². The number of nitrogens with zero attached hydrogens (tertiary/aromatic N) is 2. The van der Waals surface area contributed by atoms with Gasteiger partial charge in [-0.15, -0.1) is 0 Å². The summed E-state index contributed by atoms with van der Waals surface area (Å²) in [6, 6.07) is 17.9. The van der Waals surface area contributed by atoms with Crippen LogP contribution < -0.4 is 10.2 Å². The molecule has 2 heterocycles. The fourth-order valence-electron chi connectivity index (χ4n) is 4.13. The number of urea groups is 1. The van der Waals surface area contributed by atoms with Gasteiger partial charge in [0.15, 0.2) is 0 Å². The van der Waals surface area contributed by atoms with E-state index < -0.39 is 23.8 Å². The minimum absolute atomic E-state index is 0.0156. The van der Waals surface area contributed by atoms with Gasteiger partial charge < -0.3 is 9.67 Å². The van der Waals surface area contributed by atoms with Crippen LogP contribution in [0.4, 0.5) is 14.9 Å². The SMILES string of the molecule is O=C1NC(=O)N(c2ccc(C(=O)O)cc2)C(=O)C1=Cc1cn(Cc2ccccc2F)c2ccccc12. The Morgan fingerprint density at radius 1 is 0.944 bits per heavy atom. The van der Waals surface area contributed by atoms with E-state index in [9.17, 15) is 23.6 Å². The highest BCUT2D eigenvalue weighted by Crippen LogP contribution is 2.27. The molecule has 9 heteroatoms. The Morgan fingerprint density at radius 2 is 1.64 bits per heavy atom. The lowest BCUT2D eigenvalue weighted by molar-refractivity contribution is -0.122. The molecule has 178 valence electrons. The number of para-hydroxylation sites is 1. The topological polar surface area (TPSA) is 109 Å². The zero-order valence-corrected chi connectivity index (χ0v) is 18.6. The molecule has 5 rings (SSSR count). The van der Waals surface area contributed by atoms with Crippen LogP contribution in [0.2, 0.25) is 0 Å². The first-order valence-corrected chi connectivity index (χ1v) is 10.9. The maximum absolute atomic E-state index is 14.3. The maximum atomic E-state index is 14.3. The molecule has 0 aliphatic carbocycles. The number of carboxylic acid groups (broad SMARTS) is 1. The number of fused-ring (bicyclic) bond motifs is 1. The van der Waals surface area contributed by atoms with Crippen LogP contribution in [-0.4, -0.2) is 33.5 Å². The van der Waals surface area contributed by atoms with Crippen molar-refractivity contribution in [1.82, 2.24) is 9.88 Å². The fraction of sp³-hybridized carbons (Fsp3) is 0.0370. The Morgan fingerprint density at radius 3 is 2.36 bits per heavy atom. The van der Waals surface area contributed by atoms with Gasteiger partial charge in [-0.05, 0) is 42.5 Å². The number of benzene rings is 3. The first-order valence-electron chi connectivity index (χ1n) is 10.9. The van der Waals surface area contributed by atoms with E-state index in [1.165, 1.54) is 36.4 Å². The highest BCUT2D eigenvalue weighted by Gasteiger charge is 2.37. The van der Waals surface area contributed by atoms with Crippen molar-refractivity contribution in [2.75, 3.05) is 4.90 Å². The maximum Gasteiger partial charge on any atom is 0.335 e. The molecule has 1 aliphatic heterocycles. The van der Waals surface area contributed by atoms with Crippen LogP contribution in [0.25, 0.3) is 17.0 Å². The first kappa shape index (κ1) is 22.7. The van der Waals surface area contributed by atoms with Crippen molar-refractivity contribution in [3.05, 3.63) is 107 Å². The normalized spacial score (nSPS) is 15.0. The molecule has 0 saturated carbocycles. The van der Waals surface area contributed by atoms with Gasteiger partial charge >= 0.3 is 12.0 Å². The number of carboxylic acids is 1. The van der Waals surface area contributed by atoms with Crippen molar-refractivity contribution >= 4 is 46.5 Å². The number of rotatable bonds is 5. The van der Waals surface area contributed by atoms with E-state index in [4.69, 9.17) is 5.11 Å². The van der Waals surface area contributed by atoms with Gasteiger partial charge in [0.05, 0.1) is 17.8 Å². The zero-order valence-electron chi connectivity index (χ0n) is 18.6. The van der Waals surface area contributed by atoms with Crippen LogP contribution in [0.3, 0.4) is 0 Å². The van der Waals surface area contributed by atoms with E-state index >= 15 is 0 Å². The van der Waals surface area contributed by atoms with Crippen molar-refractivity contribution in [2.45, 2.75) is 6.54 Å². The van der Waals surface area contributed by atoms with Crippen LogP contribution in [0, 0.1) is 5.82 Å². The average molecular weight is 483 g/mol. The molecule has 0 radical (unpaired) electrons. The van der Waals surface area contributed by atoms with Crippen LogP contribution in [0.5, 0.6) is 0 Å². The summed E-state index contributed by atoms with van der Waals surface area (Å²) in [5.41, 5.74) is 1.61. The standard InChI is InChI=1S/C27H18FN3O5/c28-22-7-3-1-5-17(22)14-30-15-18(20-6-2-4-8-23(20)30)13-21-24(32)29-27(36)31(25(21)33)19-11-9-16(10-12-19)26(34)35/h1-13,15H,14H2,(H,34,35)(H,29,32,36). The number of nitrogens with one attached hydrogen (secondary N) is 1. The van der Waals surface area contributed by atoms with E-state index in [0.717, 1.165) is 15.8 Å². The molecule has 0 atom stereocenters. The number of anilines is 1. The summed E-state index contributed by atoms with van der Waals surface area (Å²) in [5, 5.41) is 12.0. The molecule has 1 saturated heterocycles. The molecule has 4 aromatic rings. The number of halogens is 1. The molecule has 36 heavy (non-hydrogen) atoms. The van der Waals surface area contributed by atoms with Gasteiger partial charge in [-0.25, -0.2) is 18.9 Å². The lowest BCUT2D eigenvalue weighted by Crippen LogP contribution is -2.54. The summed E-state index contributed by atoms with van der Waals surface area (Å²) in [6.07, 6.45) is 3.11. The Bertz CT molecular complexity index is 1590. The van der Waals surface area contributed by atoms with E-state index in [2.05, 4.69) is 5.32 Å². The lowest BCUT2D eigenvalue weighted by atomic mass is 10.1. The predicted octanol–water partition coefficient (Wildman–Crippen LogP) is 4.19. The monoisotopic (exact) mass is 483 g/mol. The molecule has 2 N–H and O–H groups in total. The Balaban J connectivity index is 1.55. The fourth-order valence-corrected chi connectivity index (χ4v) is 4.13. The van der Waals surface area contributed by atoms with Gasteiger partial charge in [0.25, 0.3) is 11.8 Å². The number of imide groups is 2. The van der Waals surface area contributed by atoms with Crippen molar-refractivity contribution in [1.29, 1.82) is 0 Å². The number of carbonyl (C=O) groups is 4. The molecule has 8 nitrogen and oxygen atoms in total. The van der Waals surface area contributed by atoms with E-state index in [1.54, 1.807) is 30.5 Å². The van der Waals surface area contributed by atoms with Crippen LogP contribution in [-0.2, 0) is 16.1 Å². The third-order valence-electron chi connectivity index (χ3n) is 5.89. The minimum Gasteiger partial charge on any atom is -0.478 e. The Kier molecular flexibility index (Phi) is 5.65. The van der Waals surface area contributed by atoms with Crippen LogP contribution >= 0.6 is 0 Å². The van der Waals surface area contributed by atoms with E-state index in [0.29, 0.717) is 11.1 Å². The summed E-state index contributed by atoms with van der Waals surface area (Å²) in [5.74, 6) is -3.20. The molecule has 1 aromatic heterocycles. The first-order chi connectivity index (χ1) is 17.3. The summed E-state index contributed by atoms with van der Waals surface area (Å²) in [6.45, 7) is 0.233. The largest absolute Gasteiger partial charge is 0.478 e. The smallest absolute Gasteiger partial charge is 0.335 e. The number of carbonyl (C=O) groups excluding carboxylic acids is 3. The Hall–Kier alpha value is -5.05. The van der Waals surface area contributed by atoms with Crippen molar-refractivity contribution < 1.29 is 28.7 Å². The van der Waals surface area contributed by atoms with E-state index in [1.807, 2.05) is 22.8 Å². The number of aromatic nitrogens is 1. The van der Waals surface area contributed by atoms with Crippen LogP contribution in [0.15, 0.2) is 84.6 Å². The quantitative estimate of drug-likeness (QED) is 0.327. The van der Waals surface area contributed by atoms with Crippen molar-refractivity contribution in [3.8, 4) is 0 Å². The summed E-state index contributed by atoms with van der Waals surface area (Å²) >= 11 is 0. The second kappa shape index (κ2) is 8.95. The molecular formula is C27H18FN3O5. The third-order valence-corrected chi connectivity index (χ3v) is 5.89. The summed E-state index contributed by atoms with van der Waals surface area (Å²) in [4.78, 5) is 50.3. The molecule has 4 amide bonds. The lowest BCUT2D eigenvalue weighted by Gasteiger charge is -2.26. The third kappa shape index (κ3) is 4.03. The number of hydrogen-bond donors (Lipinski definition) is 2. The molecule has 0 unspecified atom stereocenters. The van der Waals surface area contributed by atoms with Crippen molar-refractivity contribution in [2.24, 2.45) is 0 Å². The molecular weight excluding hydrogens is 465 g/mol. The predicted molar refractivity (Wildman–Crippen MR) is 130 cm³/mol. The number of hydrogen-bond acceptors (Lipinski definition) is 4. The highest BCUT2D eigenvalue weighted by molar-refractivity contribution is 6.39. The number of aromatic carboxylic acids is 1. The number of amides is 4. The molecule has 0 spiro atoms. The minimum atomic E-state index is -1.15. The van der Waals surface area contributed by atoms with Crippen LogP contribution in [0.1, 0.15) is 21.5 Å². The van der Waals surface area contributed by atoms with Gasteiger partial charge in [-0.1, -0.05) is 36.4 Å². The summed E-state index contributed by atoms with van der Waals surface area (Å²) < 4.78 is 16.1. The van der Waals surface area contributed by atoms with Crippen molar-refractivity contribution in [3.63, 3.8) is 0 Å². The second-order valence-corrected chi connectivity index (χ2v) is 8.13. The number of barbiturate groups is 1. The molecule has 1 aliphatic rings. The van der Waals surface area contributed by atoms with Gasteiger partial charge in [-0.2, -0.15) is 0 Å². The van der Waals surface area contributed by atoms with Gasteiger partial charge in [-0.3, -0.25) is 14.9 Å². The second-order valence-electron chi connectivity index (χ2n) is 8.13. The van der Waals surface area contributed by atoms with E-state index in [-0.39, 0.29) is 29.2 Å². The molecule has 3 aromatic carbocycles. The summed E-state index contributed by atoms with van der Waals surface area (Å²) in [7, 11) is 0. The van der Waals surface area contributed by atoms with Gasteiger partial charge in [0.1, 0.15) is 11.4 Å². The zero-order chi connectivity index (χ0) is 25.4. The Labute approximate surface area is 203 Å².